The van der Waals surface area contributed by atoms with Crippen LogP contribution in [0.25, 0.3) is 0 Å². The van der Waals surface area contributed by atoms with Crippen molar-refractivity contribution in [1.82, 2.24) is 9.55 Å². The molecule has 1 aromatic rings. The second kappa shape index (κ2) is 3.61. The van der Waals surface area contributed by atoms with E-state index in [2.05, 4.69) is 24.6 Å². The highest BCUT2D eigenvalue weighted by Gasteiger charge is 2.22. The zero-order valence-electron chi connectivity index (χ0n) is 9.37. The zero-order chi connectivity index (χ0) is 11.8. The van der Waals surface area contributed by atoms with E-state index in [4.69, 9.17) is 5.73 Å². The first-order valence-electron chi connectivity index (χ1n) is 4.64. The Morgan fingerprint density at radius 1 is 1.47 bits per heavy atom. The van der Waals surface area contributed by atoms with Gasteiger partial charge in [-0.1, -0.05) is 19.6 Å². The van der Waals surface area contributed by atoms with Crippen molar-refractivity contribution in [3.05, 3.63) is 16.7 Å². The van der Waals surface area contributed by atoms with Crippen LogP contribution in [0.1, 0.15) is 11.7 Å². The first kappa shape index (κ1) is 11.6. The van der Waals surface area contributed by atoms with Crippen LogP contribution in [0.4, 0.5) is 5.82 Å². The molecule has 15 heavy (non-hydrogen) atoms. The third kappa shape index (κ3) is 2.32. The smallest absolute Gasteiger partial charge is 0.356 e. The van der Waals surface area contributed by atoms with E-state index >= 15 is 0 Å². The summed E-state index contributed by atoms with van der Waals surface area (Å²) in [5.74, 6) is -0.0938. The topological polar surface area (TPSA) is 78.0 Å². The number of anilines is 1. The minimum Gasteiger partial charge on any atom is -0.384 e. The zero-order valence-corrected chi connectivity index (χ0v) is 10.4. The van der Waals surface area contributed by atoms with Crippen molar-refractivity contribution in [2.75, 3.05) is 5.73 Å². The molecule has 0 aliphatic heterocycles. The third-order valence-electron chi connectivity index (χ3n) is 2.10. The Labute approximate surface area is 88.9 Å². The molecular weight excluding hydrogens is 210 g/mol. The molecule has 0 atom stereocenters. The van der Waals surface area contributed by atoms with Gasteiger partial charge in [-0.25, -0.2) is 9.36 Å². The largest absolute Gasteiger partial charge is 0.384 e. The van der Waals surface area contributed by atoms with Crippen LogP contribution in [0.3, 0.4) is 0 Å². The highest BCUT2D eigenvalue weighted by Crippen LogP contribution is 2.04. The Kier molecular flexibility index (Phi) is 2.81. The van der Waals surface area contributed by atoms with Crippen LogP contribution in [-0.2, 0) is 0 Å². The summed E-state index contributed by atoms with van der Waals surface area (Å²) in [4.78, 5) is 26.1. The van der Waals surface area contributed by atoms with E-state index in [1.54, 1.807) is 0 Å². The van der Waals surface area contributed by atoms with E-state index in [1.165, 1.54) is 13.1 Å². The van der Waals surface area contributed by atoms with E-state index in [1.807, 2.05) is 0 Å². The van der Waals surface area contributed by atoms with Crippen LogP contribution in [0, 0.1) is 0 Å². The summed E-state index contributed by atoms with van der Waals surface area (Å²) < 4.78 is 1.00. The van der Waals surface area contributed by atoms with Gasteiger partial charge in [0.1, 0.15) is 5.82 Å². The molecule has 0 amide bonds. The van der Waals surface area contributed by atoms with Gasteiger partial charge in [0.25, 0.3) is 0 Å². The van der Waals surface area contributed by atoms with Crippen LogP contribution in [-0.4, -0.2) is 23.5 Å². The van der Waals surface area contributed by atoms with Crippen LogP contribution >= 0.6 is 0 Å². The molecule has 1 heterocycles. The Balaban J connectivity index is 3.50. The van der Waals surface area contributed by atoms with Crippen LogP contribution in [0.2, 0.25) is 19.6 Å². The SMILES string of the molecule is CC(=O)n1cc([Si](C)(C)C)c(N)nc1=O. The van der Waals surface area contributed by atoms with E-state index in [-0.39, 0.29) is 11.7 Å². The number of rotatable bonds is 1. The Morgan fingerprint density at radius 3 is 2.40 bits per heavy atom. The van der Waals surface area contributed by atoms with E-state index in [0.717, 1.165) is 9.75 Å². The fourth-order valence-electron chi connectivity index (χ4n) is 1.27. The Hall–Kier alpha value is -1.43. The summed E-state index contributed by atoms with van der Waals surface area (Å²) in [6.45, 7) is 7.56. The lowest BCUT2D eigenvalue weighted by Crippen LogP contribution is -2.44. The summed E-state index contributed by atoms with van der Waals surface area (Å²) in [5, 5.41) is 0.831. The molecule has 1 aromatic heterocycles. The minimum atomic E-state index is -1.68. The van der Waals surface area contributed by atoms with Crippen molar-refractivity contribution in [3.8, 4) is 0 Å². The van der Waals surface area contributed by atoms with Gasteiger partial charge in [-0.05, 0) is 5.19 Å². The molecule has 1 rings (SSSR count). The van der Waals surface area contributed by atoms with Crippen molar-refractivity contribution in [3.63, 3.8) is 0 Å². The lowest BCUT2D eigenvalue weighted by molar-refractivity contribution is 0.0931. The number of nitrogen functional groups attached to an aromatic ring is 1. The Morgan fingerprint density at radius 2 is 2.00 bits per heavy atom. The van der Waals surface area contributed by atoms with Crippen molar-refractivity contribution in [2.45, 2.75) is 26.6 Å². The lowest BCUT2D eigenvalue weighted by Gasteiger charge is -2.18. The van der Waals surface area contributed by atoms with Gasteiger partial charge in [0.2, 0.25) is 5.91 Å². The molecule has 0 fully saturated rings. The molecular formula is C9H15N3O2Si. The number of nitrogens with zero attached hydrogens (tertiary/aromatic N) is 2. The number of nitrogens with two attached hydrogens (primary N) is 1. The van der Waals surface area contributed by atoms with Gasteiger partial charge in [-0.2, -0.15) is 4.98 Å². The molecule has 0 spiro atoms. The van der Waals surface area contributed by atoms with Gasteiger partial charge >= 0.3 is 5.69 Å². The second-order valence-electron chi connectivity index (χ2n) is 4.46. The summed E-state index contributed by atoms with van der Waals surface area (Å²) >= 11 is 0. The maximum absolute atomic E-state index is 11.3. The summed E-state index contributed by atoms with van der Waals surface area (Å²) in [5.41, 5.74) is 5.07. The molecule has 0 aromatic carbocycles. The quantitative estimate of drug-likeness (QED) is 0.684. The minimum absolute atomic E-state index is 0.247. The molecule has 2 N–H and O–H groups in total. The van der Waals surface area contributed by atoms with Gasteiger partial charge in [0.05, 0.1) is 8.07 Å². The maximum Gasteiger partial charge on any atom is 0.356 e. The molecule has 0 unspecified atom stereocenters. The highest BCUT2D eigenvalue weighted by atomic mass is 28.3. The molecule has 0 saturated carbocycles. The molecule has 6 heteroatoms. The van der Waals surface area contributed by atoms with Crippen LogP contribution in [0.15, 0.2) is 11.0 Å². The summed E-state index contributed by atoms with van der Waals surface area (Å²) in [6, 6.07) is 0. The number of carbonyl (C=O) groups is 1. The average Bonchev–Trinajstić information content (AvgIpc) is 2.00. The number of aromatic nitrogens is 2. The van der Waals surface area contributed by atoms with E-state index < -0.39 is 13.8 Å². The molecule has 0 bridgehead atoms. The fourth-order valence-corrected chi connectivity index (χ4v) is 2.61. The normalized spacial score (nSPS) is 11.5. The van der Waals surface area contributed by atoms with Crippen LogP contribution < -0.4 is 16.6 Å². The first-order chi connectivity index (χ1) is 6.73. The molecule has 82 valence electrons. The number of carbonyl (C=O) groups excluding carboxylic acids is 1. The lowest BCUT2D eigenvalue weighted by atomic mass is 10.5. The average molecular weight is 225 g/mol. The van der Waals surface area contributed by atoms with E-state index in [0.29, 0.717) is 0 Å². The van der Waals surface area contributed by atoms with Gasteiger partial charge in [-0.15, -0.1) is 0 Å². The second-order valence-corrected chi connectivity index (χ2v) is 9.50. The Bertz CT molecular complexity index is 459. The first-order valence-corrected chi connectivity index (χ1v) is 8.14. The van der Waals surface area contributed by atoms with Gasteiger partial charge in [0.15, 0.2) is 0 Å². The van der Waals surface area contributed by atoms with Crippen LogP contribution in [0.5, 0.6) is 0 Å². The van der Waals surface area contributed by atoms with E-state index in [9.17, 15) is 9.59 Å². The van der Waals surface area contributed by atoms with Gasteiger partial charge in [-0.3, -0.25) is 4.79 Å². The number of hydrogen-bond donors (Lipinski definition) is 1. The standard InChI is InChI=1S/C9H15N3O2Si/c1-6(13)12-5-7(15(2,3)4)8(10)11-9(12)14/h5H,1-4H3,(H2,10,11,14). The molecule has 5 nitrogen and oxygen atoms in total. The monoisotopic (exact) mass is 225 g/mol. The molecule has 0 aliphatic carbocycles. The highest BCUT2D eigenvalue weighted by molar-refractivity contribution is 6.89. The maximum atomic E-state index is 11.3. The van der Waals surface area contributed by atoms with Crippen molar-refractivity contribution in [2.24, 2.45) is 0 Å². The van der Waals surface area contributed by atoms with Gasteiger partial charge in [0, 0.05) is 13.1 Å². The summed E-state index contributed by atoms with van der Waals surface area (Å²) in [7, 11) is -1.68. The molecule has 0 aliphatic rings. The van der Waals surface area contributed by atoms with Gasteiger partial charge < -0.3 is 5.73 Å². The summed E-state index contributed by atoms with van der Waals surface area (Å²) in [6.07, 6.45) is 1.53. The van der Waals surface area contributed by atoms with Crippen molar-refractivity contribution >= 4 is 25.0 Å². The van der Waals surface area contributed by atoms with Crippen molar-refractivity contribution < 1.29 is 4.79 Å². The van der Waals surface area contributed by atoms with Crippen molar-refractivity contribution in [1.29, 1.82) is 0 Å². The predicted octanol–water partition coefficient (Wildman–Crippen LogP) is 0.0308. The third-order valence-corrected chi connectivity index (χ3v) is 4.10. The fraction of sp³-hybridized carbons (Fsp3) is 0.444. The number of hydrogen-bond acceptors (Lipinski definition) is 4. The molecule has 0 radical (unpaired) electrons. The predicted molar refractivity (Wildman–Crippen MR) is 62.2 cm³/mol. The molecule has 0 saturated heterocycles.